The van der Waals surface area contributed by atoms with Gasteiger partial charge in [-0.2, -0.15) is 11.8 Å². The van der Waals surface area contributed by atoms with Gasteiger partial charge in [0.2, 0.25) is 0 Å². The number of hydrogen-bond donors (Lipinski definition) is 2. The Kier molecular flexibility index (Phi) is 7.87. The molecule has 8 nitrogen and oxygen atoms in total. The van der Waals surface area contributed by atoms with Gasteiger partial charge in [-0.15, -0.1) is 0 Å². The highest BCUT2D eigenvalue weighted by molar-refractivity contribution is 7.98. The van der Waals surface area contributed by atoms with E-state index in [1.54, 1.807) is 0 Å². The summed E-state index contributed by atoms with van der Waals surface area (Å²) in [6, 6.07) is 10.1. The molecule has 178 valence electrons. The second-order valence-electron chi connectivity index (χ2n) is 8.76. The van der Waals surface area contributed by atoms with Gasteiger partial charge in [-0.1, -0.05) is 30.3 Å². The Labute approximate surface area is 199 Å². The van der Waals surface area contributed by atoms with E-state index in [2.05, 4.69) is 27.7 Å². The van der Waals surface area contributed by atoms with Crippen molar-refractivity contribution >= 4 is 28.6 Å². The SMILES string of the molecule is CSC[C@@H](CNCc1cn(COCc2ccccc2)c2c(N)ncnc12)[C@@H]1COC(C)(C)O1. The van der Waals surface area contributed by atoms with Gasteiger partial charge < -0.3 is 29.8 Å². The van der Waals surface area contributed by atoms with Gasteiger partial charge in [0.1, 0.15) is 18.6 Å². The van der Waals surface area contributed by atoms with E-state index >= 15 is 0 Å². The number of thioether (sulfide) groups is 1. The largest absolute Gasteiger partial charge is 0.382 e. The van der Waals surface area contributed by atoms with Crippen LogP contribution in [-0.2, 0) is 34.1 Å². The number of nitrogens with zero attached hydrogens (tertiary/aromatic N) is 3. The minimum Gasteiger partial charge on any atom is -0.382 e. The summed E-state index contributed by atoms with van der Waals surface area (Å²) in [5.41, 5.74) is 10.0. The summed E-state index contributed by atoms with van der Waals surface area (Å²) in [7, 11) is 0. The fraction of sp³-hybridized carbons (Fsp3) is 0.500. The average molecular weight is 472 g/mol. The Morgan fingerprint density at radius 2 is 2.12 bits per heavy atom. The lowest BCUT2D eigenvalue weighted by molar-refractivity contribution is -0.143. The minimum absolute atomic E-state index is 0.0886. The molecule has 1 saturated heterocycles. The van der Waals surface area contributed by atoms with Crippen LogP contribution in [-0.4, -0.2) is 51.6 Å². The zero-order valence-corrected chi connectivity index (χ0v) is 20.3. The number of nitrogen functional groups attached to an aromatic ring is 1. The second-order valence-corrected chi connectivity index (χ2v) is 9.67. The highest BCUT2D eigenvalue weighted by atomic mass is 32.2. The maximum atomic E-state index is 6.20. The maximum absolute atomic E-state index is 6.20. The van der Waals surface area contributed by atoms with Crippen LogP contribution in [0, 0.1) is 5.92 Å². The monoisotopic (exact) mass is 471 g/mol. The summed E-state index contributed by atoms with van der Waals surface area (Å²) < 4.78 is 19.8. The predicted octanol–water partition coefficient (Wildman–Crippen LogP) is 3.41. The summed E-state index contributed by atoms with van der Waals surface area (Å²) >= 11 is 1.83. The van der Waals surface area contributed by atoms with E-state index in [1.807, 2.05) is 60.5 Å². The first-order chi connectivity index (χ1) is 16.0. The van der Waals surface area contributed by atoms with Crippen LogP contribution in [0.2, 0.25) is 0 Å². The molecule has 0 saturated carbocycles. The molecule has 9 heteroatoms. The van der Waals surface area contributed by atoms with Crippen LogP contribution in [0.3, 0.4) is 0 Å². The van der Waals surface area contributed by atoms with E-state index in [-0.39, 0.29) is 6.10 Å². The van der Waals surface area contributed by atoms with Crippen molar-refractivity contribution < 1.29 is 14.2 Å². The van der Waals surface area contributed by atoms with Gasteiger partial charge in [0.05, 0.1) is 24.8 Å². The Bertz CT molecular complexity index is 1040. The molecule has 0 aliphatic carbocycles. The van der Waals surface area contributed by atoms with E-state index in [4.69, 9.17) is 19.9 Å². The molecule has 0 spiro atoms. The fourth-order valence-corrected chi connectivity index (χ4v) is 4.90. The van der Waals surface area contributed by atoms with Crippen molar-refractivity contribution in [2.24, 2.45) is 5.92 Å². The van der Waals surface area contributed by atoms with Crippen LogP contribution in [0.15, 0.2) is 42.9 Å². The smallest absolute Gasteiger partial charge is 0.163 e. The first kappa shape index (κ1) is 24.0. The molecule has 1 aliphatic rings. The molecule has 0 amide bonds. The molecule has 33 heavy (non-hydrogen) atoms. The molecular weight excluding hydrogens is 438 g/mol. The van der Waals surface area contributed by atoms with Crippen molar-refractivity contribution in [2.75, 3.05) is 30.9 Å². The highest BCUT2D eigenvalue weighted by Crippen LogP contribution is 2.28. The first-order valence-electron chi connectivity index (χ1n) is 11.2. The zero-order chi connectivity index (χ0) is 23.3. The molecular formula is C24H33N5O3S. The van der Waals surface area contributed by atoms with Gasteiger partial charge in [0, 0.05) is 30.8 Å². The first-order valence-corrected chi connectivity index (χ1v) is 12.6. The minimum atomic E-state index is -0.511. The number of ether oxygens (including phenoxy) is 3. The van der Waals surface area contributed by atoms with Gasteiger partial charge >= 0.3 is 0 Å². The van der Waals surface area contributed by atoms with E-state index in [0.29, 0.717) is 38.2 Å². The molecule has 0 radical (unpaired) electrons. The zero-order valence-electron chi connectivity index (χ0n) is 19.5. The third-order valence-electron chi connectivity index (χ3n) is 5.75. The van der Waals surface area contributed by atoms with E-state index < -0.39 is 5.79 Å². The fourth-order valence-electron chi connectivity index (χ4n) is 4.14. The third-order valence-corrected chi connectivity index (χ3v) is 6.52. The predicted molar refractivity (Wildman–Crippen MR) is 132 cm³/mol. The van der Waals surface area contributed by atoms with Crippen molar-refractivity contribution in [3.8, 4) is 0 Å². The summed E-state index contributed by atoms with van der Waals surface area (Å²) in [5, 5.41) is 3.59. The number of benzene rings is 1. The lowest BCUT2D eigenvalue weighted by Gasteiger charge is -2.24. The molecule has 0 bridgehead atoms. The van der Waals surface area contributed by atoms with Gasteiger partial charge in [0.15, 0.2) is 11.6 Å². The van der Waals surface area contributed by atoms with Crippen LogP contribution >= 0.6 is 11.8 Å². The summed E-state index contributed by atoms with van der Waals surface area (Å²) in [6.07, 6.45) is 5.77. The molecule has 4 rings (SSSR count). The molecule has 1 aromatic carbocycles. The van der Waals surface area contributed by atoms with E-state index in [1.165, 1.54) is 6.33 Å². The number of fused-ring (bicyclic) bond motifs is 1. The molecule has 2 atom stereocenters. The maximum Gasteiger partial charge on any atom is 0.163 e. The number of nitrogens with one attached hydrogen (secondary N) is 1. The summed E-state index contributed by atoms with van der Waals surface area (Å²) in [4.78, 5) is 8.69. The Balaban J connectivity index is 1.41. The number of nitrogens with two attached hydrogens (primary N) is 1. The highest BCUT2D eigenvalue weighted by Gasteiger charge is 2.37. The van der Waals surface area contributed by atoms with Crippen LogP contribution in [0.4, 0.5) is 5.82 Å². The van der Waals surface area contributed by atoms with Crippen molar-refractivity contribution in [1.29, 1.82) is 0 Å². The van der Waals surface area contributed by atoms with Crippen LogP contribution in [0.25, 0.3) is 11.0 Å². The number of anilines is 1. The number of hydrogen-bond acceptors (Lipinski definition) is 8. The van der Waals surface area contributed by atoms with Crippen molar-refractivity contribution in [3.63, 3.8) is 0 Å². The molecule has 1 fully saturated rings. The average Bonchev–Trinajstić information content (AvgIpc) is 3.34. The molecule has 1 aliphatic heterocycles. The normalized spacial score (nSPS) is 18.7. The summed E-state index contributed by atoms with van der Waals surface area (Å²) in [6.45, 7) is 6.95. The lowest BCUT2D eigenvalue weighted by atomic mass is 10.1. The standard InChI is InChI=1S/C24H33N5O3S/c1-24(2)31-13-20(32-24)19(14-33-3)10-26-9-18-11-29(22-21(18)27-15-28-23(22)25)16-30-12-17-7-5-4-6-8-17/h4-8,11,15,19-20,26H,9-10,12-14,16H2,1-3H3,(H2,25,27,28)/t19-,20+/m1/s1. The third kappa shape index (κ3) is 6.04. The van der Waals surface area contributed by atoms with Crippen LogP contribution in [0.5, 0.6) is 0 Å². The number of aromatic nitrogens is 3. The van der Waals surface area contributed by atoms with Crippen LogP contribution < -0.4 is 11.1 Å². The second kappa shape index (κ2) is 10.8. The number of rotatable bonds is 11. The van der Waals surface area contributed by atoms with Crippen molar-refractivity contribution in [1.82, 2.24) is 19.9 Å². The van der Waals surface area contributed by atoms with Crippen molar-refractivity contribution in [2.45, 2.75) is 45.6 Å². The Hall–Kier alpha value is -2.17. The van der Waals surface area contributed by atoms with E-state index in [0.717, 1.165) is 34.5 Å². The summed E-state index contributed by atoms with van der Waals surface area (Å²) in [5.74, 6) is 1.29. The molecule has 2 aromatic heterocycles. The van der Waals surface area contributed by atoms with E-state index in [9.17, 15) is 0 Å². The molecule has 3 aromatic rings. The molecule has 3 N–H and O–H groups in total. The van der Waals surface area contributed by atoms with Gasteiger partial charge in [-0.3, -0.25) is 0 Å². The van der Waals surface area contributed by atoms with Gasteiger partial charge in [0.25, 0.3) is 0 Å². The van der Waals surface area contributed by atoms with Gasteiger partial charge in [-0.25, -0.2) is 9.97 Å². The van der Waals surface area contributed by atoms with Crippen molar-refractivity contribution in [3.05, 3.63) is 54.0 Å². The topological polar surface area (TPSA) is 96.5 Å². The quantitative estimate of drug-likeness (QED) is 0.439. The molecule has 3 heterocycles. The van der Waals surface area contributed by atoms with Crippen LogP contribution in [0.1, 0.15) is 25.0 Å². The Morgan fingerprint density at radius 3 is 2.85 bits per heavy atom. The van der Waals surface area contributed by atoms with Gasteiger partial charge in [-0.05, 0) is 31.4 Å². The Morgan fingerprint density at radius 1 is 1.30 bits per heavy atom. The molecule has 0 unspecified atom stereocenters. The lowest BCUT2D eigenvalue weighted by Crippen LogP contribution is -2.35.